The molecule has 1 heterocycles. The van der Waals surface area contributed by atoms with E-state index < -0.39 is 5.25 Å². The summed E-state index contributed by atoms with van der Waals surface area (Å²) in [4.78, 5) is 23.7. The Morgan fingerprint density at radius 3 is 2.79 bits per heavy atom. The van der Waals surface area contributed by atoms with E-state index in [1.54, 1.807) is 0 Å². The minimum Gasteiger partial charge on any atom is -0.356 e. The molecule has 0 radical (unpaired) electrons. The van der Waals surface area contributed by atoms with Crippen molar-refractivity contribution in [2.24, 2.45) is 10.2 Å². The van der Waals surface area contributed by atoms with Gasteiger partial charge in [-0.25, -0.2) is 0 Å². The van der Waals surface area contributed by atoms with E-state index >= 15 is 0 Å². The molecule has 1 aromatic rings. The normalized spacial score (nSPS) is 19.4. The Kier molecular flexibility index (Phi) is 6.99. The Morgan fingerprint density at radius 2 is 2.08 bits per heavy atom. The minimum atomic E-state index is -0.447. The third-order valence-corrected chi connectivity index (χ3v) is 4.55. The molecule has 1 aliphatic heterocycles. The number of amidine groups is 1. The van der Waals surface area contributed by atoms with E-state index in [0.29, 0.717) is 11.7 Å². The van der Waals surface area contributed by atoms with Crippen molar-refractivity contribution in [3.05, 3.63) is 35.9 Å². The van der Waals surface area contributed by atoms with Gasteiger partial charge in [-0.2, -0.15) is 5.10 Å². The van der Waals surface area contributed by atoms with Crippen LogP contribution < -0.4 is 10.6 Å². The van der Waals surface area contributed by atoms with Crippen molar-refractivity contribution in [1.29, 1.82) is 0 Å². The minimum absolute atomic E-state index is 0.110. The lowest BCUT2D eigenvalue weighted by molar-refractivity contribution is -0.125. The van der Waals surface area contributed by atoms with E-state index in [1.165, 1.54) is 11.8 Å². The first kappa shape index (κ1) is 18.2. The fraction of sp³-hybridized carbons (Fsp3) is 0.412. The molecular weight excluding hydrogens is 324 g/mol. The molecule has 0 unspecified atom stereocenters. The monoisotopic (exact) mass is 346 g/mol. The van der Waals surface area contributed by atoms with E-state index in [1.807, 2.05) is 37.3 Å². The van der Waals surface area contributed by atoms with Crippen LogP contribution in [-0.2, 0) is 9.59 Å². The van der Waals surface area contributed by atoms with Crippen LogP contribution in [0.2, 0.25) is 0 Å². The second-order valence-corrected chi connectivity index (χ2v) is 6.65. The van der Waals surface area contributed by atoms with Crippen LogP contribution in [0.1, 0.15) is 38.7 Å². The Morgan fingerprint density at radius 1 is 1.33 bits per heavy atom. The first-order chi connectivity index (χ1) is 11.6. The summed E-state index contributed by atoms with van der Waals surface area (Å²) >= 11 is 1.24. The second kappa shape index (κ2) is 9.22. The van der Waals surface area contributed by atoms with Gasteiger partial charge in [0.2, 0.25) is 11.8 Å². The summed E-state index contributed by atoms with van der Waals surface area (Å²) in [6.07, 6.45) is 2.12. The molecule has 0 saturated carbocycles. The lowest BCUT2D eigenvalue weighted by atomic mass is 10.1. The quantitative estimate of drug-likeness (QED) is 0.451. The Balaban J connectivity index is 1.90. The average Bonchev–Trinajstić information content (AvgIpc) is 2.93. The highest BCUT2D eigenvalue weighted by atomic mass is 32.2. The first-order valence-corrected chi connectivity index (χ1v) is 8.90. The van der Waals surface area contributed by atoms with Gasteiger partial charge in [0.25, 0.3) is 0 Å². The standard InChI is InChI=1S/C17H22N4O2S/c1-3-4-10-18-15(22)11-14-16(23)19-17(24-14)21-20-12(2)13-8-6-5-7-9-13/h5-9,14H,3-4,10-11H2,1-2H3,(H,18,22)(H,19,21,23)/b20-12-/t14-/m0/s1. The first-order valence-electron chi connectivity index (χ1n) is 8.02. The second-order valence-electron chi connectivity index (χ2n) is 5.46. The van der Waals surface area contributed by atoms with Gasteiger partial charge in [-0.05, 0) is 18.9 Å². The van der Waals surface area contributed by atoms with Crippen LogP contribution >= 0.6 is 11.8 Å². The number of carbonyl (C=O) groups is 2. The lowest BCUT2D eigenvalue weighted by Crippen LogP contribution is -2.31. The number of benzene rings is 1. The molecule has 1 fully saturated rings. The van der Waals surface area contributed by atoms with Crippen molar-refractivity contribution in [3.8, 4) is 0 Å². The molecule has 2 rings (SSSR count). The smallest absolute Gasteiger partial charge is 0.240 e. The summed E-state index contributed by atoms with van der Waals surface area (Å²) in [7, 11) is 0. The van der Waals surface area contributed by atoms with E-state index in [2.05, 4.69) is 27.8 Å². The zero-order valence-corrected chi connectivity index (χ0v) is 14.7. The number of nitrogens with zero attached hydrogens (tertiary/aromatic N) is 2. The van der Waals surface area contributed by atoms with Gasteiger partial charge in [0.15, 0.2) is 5.17 Å². The molecule has 1 aliphatic rings. The van der Waals surface area contributed by atoms with E-state index in [4.69, 9.17) is 0 Å². The van der Waals surface area contributed by atoms with Crippen LogP contribution in [0.25, 0.3) is 0 Å². The average molecular weight is 346 g/mol. The number of hydrogen-bond donors (Lipinski definition) is 2. The zero-order chi connectivity index (χ0) is 17.4. The molecule has 1 atom stereocenters. The van der Waals surface area contributed by atoms with Gasteiger partial charge in [0.1, 0.15) is 5.25 Å². The highest BCUT2D eigenvalue weighted by Gasteiger charge is 2.32. The van der Waals surface area contributed by atoms with Gasteiger partial charge in [0, 0.05) is 13.0 Å². The van der Waals surface area contributed by atoms with Gasteiger partial charge in [-0.3, -0.25) is 9.59 Å². The molecule has 2 N–H and O–H groups in total. The van der Waals surface area contributed by atoms with E-state index in [9.17, 15) is 9.59 Å². The Hall–Kier alpha value is -2.15. The van der Waals surface area contributed by atoms with Crippen molar-refractivity contribution in [2.75, 3.05) is 6.54 Å². The molecule has 7 heteroatoms. The molecule has 24 heavy (non-hydrogen) atoms. The molecular formula is C17H22N4O2S. The topological polar surface area (TPSA) is 82.9 Å². The number of rotatable bonds is 7. The predicted molar refractivity (Wildman–Crippen MR) is 98.1 cm³/mol. The number of unbranched alkanes of at least 4 members (excludes halogenated alkanes) is 1. The summed E-state index contributed by atoms with van der Waals surface area (Å²) in [5.74, 6) is -0.307. The maximum absolute atomic E-state index is 11.9. The van der Waals surface area contributed by atoms with E-state index in [0.717, 1.165) is 24.1 Å². The molecule has 6 nitrogen and oxygen atoms in total. The van der Waals surface area contributed by atoms with Crippen LogP contribution in [0, 0.1) is 0 Å². The van der Waals surface area contributed by atoms with Crippen LogP contribution in [-0.4, -0.2) is 34.5 Å². The lowest BCUT2D eigenvalue weighted by Gasteiger charge is -2.06. The Labute approximate surface area is 146 Å². The SMILES string of the molecule is CCCCNC(=O)C[C@@H]1S/C(=N\N=C(\C)c2ccccc2)NC1=O. The molecule has 1 saturated heterocycles. The van der Waals surface area contributed by atoms with Crippen LogP contribution in [0.15, 0.2) is 40.5 Å². The summed E-state index contributed by atoms with van der Waals surface area (Å²) < 4.78 is 0. The molecule has 0 aliphatic carbocycles. The summed E-state index contributed by atoms with van der Waals surface area (Å²) in [6.45, 7) is 4.57. The van der Waals surface area contributed by atoms with Crippen molar-refractivity contribution < 1.29 is 9.59 Å². The maximum Gasteiger partial charge on any atom is 0.240 e. The van der Waals surface area contributed by atoms with Gasteiger partial charge in [0.05, 0.1) is 5.71 Å². The third-order valence-electron chi connectivity index (χ3n) is 3.48. The van der Waals surface area contributed by atoms with Gasteiger partial charge < -0.3 is 10.6 Å². The summed E-state index contributed by atoms with van der Waals surface area (Å²) in [6, 6.07) is 9.69. The highest BCUT2D eigenvalue weighted by Crippen LogP contribution is 2.22. The van der Waals surface area contributed by atoms with Gasteiger partial charge >= 0.3 is 0 Å². The van der Waals surface area contributed by atoms with E-state index in [-0.39, 0.29) is 18.2 Å². The van der Waals surface area contributed by atoms with Crippen LogP contribution in [0.5, 0.6) is 0 Å². The van der Waals surface area contributed by atoms with Crippen LogP contribution in [0.4, 0.5) is 0 Å². The summed E-state index contributed by atoms with van der Waals surface area (Å²) in [5.41, 5.74) is 1.74. The van der Waals surface area contributed by atoms with Crippen molar-refractivity contribution in [2.45, 2.75) is 38.4 Å². The molecule has 128 valence electrons. The Bertz CT molecular complexity index is 643. The molecule has 0 spiro atoms. The molecule has 0 aromatic heterocycles. The largest absolute Gasteiger partial charge is 0.356 e. The molecule has 2 amide bonds. The summed E-state index contributed by atoms with van der Waals surface area (Å²) in [5, 5.41) is 13.7. The zero-order valence-electron chi connectivity index (χ0n) is 13.9. The van der Waals surface area contributed by atoms with Gasteiger partial charge in [-0.15, -0.1) is 5.10 Å². The highest BCUT2D eigenvalue weighted by molar-refractivity contribution is 8.15. The van der Waals surface area contributed by atoms with Crippen LogP contribution in [0.3, 0.4) is 0 Å². The van der Waals surface area contributed by atoms with Gasteiger partial charge in [-0.1, -0.05) is 55.4 Å². The number of hydrogen-bond acceptors (Lipinski definition) is 5. The maximum atomic E-state index is 11.9. The van der Waals surface area contributed by atoms with Crippen molar-refractivity contribution in [3.63, 3.8) is 0 Å². The molecule has 0 bridgehead atoms. The fourth-order valence-corrected chi connectivity index (χ4v) is 3.01. The van der Waals surface area contributed by atoms with Crippen molar-refractivity contribution >= 4 is 34.5 Å². The number of thioether (sulfide) groups is 1. The predicted octanol–water partition coefficient (Wildman–Crippen LogP) is 2.30. The van der Waals surface area contributed by atoms with Crippen molar-refractivity contribution in [1.82, 2.24) is 10.6 Å². The number of nitrogens with one attached hydrogen (secondary N) is 2. The third kappa shape index (κ3) is 5.49. The molecule has 1 aromatic carbocycles. The number of amides is 2. The number of carbonyl (C=O) groups excluding carboxylic acids is 2. The fourth-order valence-electron chi connectivity index (χ4n) is 2.09.